The molecule has 1 atom stereocenters. The Labute approximate surface area is 154 Å². The van der Waals surface area contributed by atoms with E-state index >= 15 is 0 Å². The van der Waals surface area contributed by atoms with Crippen molar-refractivity contribution in [3.8, 4) is 17.0 Å². The molecular weight excluding hydrogens is 344 g/mol. The lowest BCUT2D eigenvalue weighted by Gasteiger charge is -2.12. The van der Waals surface area contributed by atoms with Crippen LogP contribution in [-0.2, 0) is 0 Å². The van der Waals surface area contributed by atoms with Crippen molar-refractivity contribution in [1.82, 2.24) is 19.7 Å². The van der Waals surface area contributed by atoms with Gasteiger partial charge in [-0.05, 0) is 38.1 Å². The third kappa shape index (κ3) is 2.96. The van der Waals surface area contributed by atoms with E-state index in [-0.39, 0.29) is 6.10 Å². The Morgan fingerprint density at radius 2 is 2.22 bits per heavy atom. The third-order valence-corrected chi connectivity index (χ3v) is 4.77. The van der Waals surface area contributed by atoms with Gasteiger partial charge >= 0.3 is 5.63 Å². The SMILES string of the molecule is Cc1cn2cc(-c3cc4ccc(OC5CCNC5)cc4oc3=O)nc2cn1. The molecule has 5 rings (SSSR count). The fraction of sp³-hybridized carbons (Fsp3) is 0.250. The molecular formula is C20H18N4O3. The van der Waals surface area contributed by atoms with Crippen molar-refractivity contribution in [3.63, 3.8) is 0 Å². The highest BCUT2D eigenvalue weighted by Crippen LogP contribution is 2.25. The summed E-state index contributed by atoms with van der Waals surface area (Å²) in [5, 5.41) is 4.09. The zero-order valence-electron chi connectivity index (χ0n) is 14.8. The number of nitrogens with zero attached hydrogens (tertiary/aromatic N) is 3. The summed E-state index contributed by atoms with van der Waals surface area (Å²) in [7, 11) is 0. The quantitative estimate of drug-likeness (QED) is 0.564. The Morgan fingerprint density at radius 1 is 1.30 bits per heavy atom. The first-order chi connectivity index (χ1) is 13.2. The summed E-state index contributed by atoms with van der Waals surface area (Å²) in [6, 6.07) is 7.39. The fourth-order valence-electron chi connectivity index (χ4n) is 3.40. The van der Waals surface area contributed by atoms with Gasteiger partial charge in [0, 0.05) is 30.4 Å². The Kier molecular flexibility index (Phi) is 3.68. The molecule has 27 heavy (non-hydrogen) atoms. The van der Waals surface area contributed by atoms with Crippen molar-refractivity contribution in [1.29, 1.82) is 0 Å². The lowest BCUT2D eigenvalue weighted by atomic mass is 10.1. The third-order valence-electron chi connectivity index (χ3n) is 4.77. The van der Waals surface area contributed by atoms with E-state index in [0.717, 1.165) is 30.6 Å². The Morgan fingerprint density at radius 3 is 3.07 bits per heavy atom. The molecule has 1 N–H and O–H groups in total. The van der Waals surface area contributed by atoms with Gasteiger partial charge in [-0.15, -0.1) is 0 Å². The summed E-state index contributed by atoms with van der Waals surface area (Å²) in [5.74, 6) is 0.710. The Hall–Kier alpha value is -3.19. The Balaban J connectivity index is 1.54. The van der Waals surface area contributed by atoms with Gasteiger partial charge < -0.3 is 18.9 Å². The lowest BCUT2D eigenvalue weighted by Crippen LogP contribution is -2.19. The number of hydrogen-bond acceptors (Lipinski definition) is 6. The van der Waals surface area contributed by atoms with Gasteiger partial charge in [-0.3, -0.25) is 4.98 Å². The van der Waals surface area contributed by atoms with E-state index in [1.165, 1.54) is 0 Å². The molecule has 7 nitrogen and oxygen atoms in total. The number of hydrogen-bond donors (Lipinski definition) is 1. The fourth-order valence-corrected chi connectivity index (χ4v) is 3.40. The van der Waals surface area contributed by atoms with Crippen molar-refractivity contribution >= 4 is 16.6 Å². The number of fused-ring (bicyclic) bond motifs is 2. The van der Waals surface area contributed by atoms with Crippen LogP contribution >= 0.6 is 0 Å². The van der Waals surface area contributed by atoms with Gasteiger partial charge in [0.1, 0.15) is 17.4 Å². The second-order valence-electron chi connectivity index (χ2n) is 6.80. The van der Waals surface area contributed by atoms with E-state index in [2.05, 4.69) is 15.3 Å². The summed E-state index contributed by atoms with van der Waals surface area (Å²) in [6.07, 6.45) is 6.50. The number of nitrogens with one attached hydrogen (secondary N) is 1. The second-order valence-corrected chi connectivity index (χ2v) is 6.80. The molecule has 0 amide bonds. The van der Waals surface area contributed by atoms with Crippen LogP contribution < -0.4 is 15.7 Å². The van der Waals surface area contributed by atoms with Crippen LogP contribution in [0.25, 0.3) is 27.9 Å². The minimum Gasteiger partial charge on any atom is -0.489 e. The van der Waals surface area contributed by atoms with Crippen LogP contribution in [0.15, 0.2) is 52.1 Å². The van der Waals surface area contributed by atoms with Crippen molar-refractivity contribution in [2.45, 2.75) is 19.4 Å². The minimum atomic E-state index is -0.421. The summed E-state index contributed by atoms with van der Waals surface area (Å²) >= 11 is 0. The maximum absolute atomic E-state index is 12.6. The van der Waals surface area contributed by atoms with Gasteiger partial charge in [-0.2, -0.15) is 0 Å². The predicted molar refractivity (Wildman–Crippen MR) is 101 cm³/mol. The Bertz CT molecular complexity index is 1210. The number of aromatic nitrogens is 3. The highest BCUT2D eigenvalue weighted by molar-refractivity contribution is 5.82. The molecule has 3 aromatic heterocycles. The summed E-state index contributed by atoms with van der Waals surface area (Å²) < 4.78 is 13.4. The smallest absolute Gasteiger partial charge is 0.345 e. The van der Waals surface area contributed by atoms with Crippen LogP contribution in [0.4, 0.5) is 0 Å². The first-order valence-corrected chi connectivity index (χ1v) is 8.93. The van der Waals surface area contributed by atoms with Gasteiger partial charge in [0.2, 0.25) is 0 Å². The summed E-state index contributed by atoms with van der Waals surface area (Å²) in [5.41, 5.74) is 2.64. The van der Waals surface area contributed by atoms with Gasteiger partial charge in [0.15, 0.2) is 5.65 Å². The maximum Gasteiger partial charge on any atom is 0.345 e. The van der Waals surface area contributed by atoms with Crippen LogP contribution in [0.5, 0.6) is 5.75 Å². The normalized spacial score (nSPS) is 17.0. The molecule has 0 bridgehead atoms. The van der Waals surface area contributed by atoms with E-state index < -0.39 is 5.63 Å². The summed E-state index contributed by atoms with van der Waals surface area (Å²) in [4.78, 5) is 21.3. The molecule has 0 saturated carbocycles. The first kappa shape index (κ1) is 16.0. The van der Waals surface area contributed by atoms with E-state index in [1.54, 1.807) is 12.3 Å². The second kappa shape index (κ2) is 6.21. The molecule has 1 saturated heterocycles. The predicted octanol–water partition coefficient (Wildman–Crippen LogP) is 2.55. The minimum absolute atomic E-state index is 0.156. The van der Waals surface area contributed by atoms with Crippen LogP contribution in [0.3, 0.4) is 0 Å². The number of benzene rings is 1. The molecule has 0 aliphatic carbocycles. The topological polar surface area (TPSA) is 81.7 Å². The molecule has 1 aromatic carbocycles. The van der Waals surface area contributed by atoms with Gasteiger partial charge in [-0.25, -0.2) is 9.78 Å². The molecule has 1 unspecified atom stereocenters. The van der Waals surface area contributed by atoms with Crippen LogP contribution in [0.1, 0.15) is 12.1 Å². The highest BCUT2D eigenvalue weighted by atomic mass is 16.5. The molecule has 1 aliphatic heterocycles. The highest BCUT2D eigenvalue weighted by Gasteiger charge is 2.17. The van der Waals surface area contributed by atoms with Crippen molar-refractivity contribution < 1.29 is 9.15 Å². The zero-order chi connectivity index (χ0) is 18.4. The first-order valence-electron chi connectivity index (χ1n) is 8.93. The van der Waals surface area contributed by atoms with E-state index in [4.69, 9.17) is 9.15 Å². The van der Waals surface area contributed by atoms with Crippen molar-refractivity contribution in [3.05, 3.63) is 59.0 Å². The van der Waals surface area contributed by atoms with E-state index in [0.29, 0.717) is 28.2 Å². The average Bonchev–Trinajstić information content (AvgIpc) is 3.30. The number of ether oxygens (including phenoxy) is 1. The standard InChI is InChI=1S/C20H18N4O3/c1-12-10-24-11-17(23-19(24)9-22-12)16-6-13-2-3-14(7-18(13)27-20(16)25)26-15-4-5-21-8-15/h2-3,6-7,9-11,15,21H,4-5,8H2,1H3. The van der Waals surface area contributed by atoms with Gasteiger partial charge in [0.25, 0.3) is 0 Å². The summed E-state index contributed by atoms with van der Waals surface area (Å²) in [6.45, 7) is 3.71. The molecule has 0 spiro atoms. The van der Waals surface area contributed by atoms with Crippen molar-refractivity contribution in [2.75, 3.05) is 13.1 Å². The van der Waals surface area contributed by atoms with Crippen LogP contribution in [0.2, 0.25) is 0 Å². The van der Waals surface area contributed by atoms with Crippen LogP contribution in [0, 0.1) is 6.92 Å². The maximum atomic E-state index is 12.6. The number of imidazole rings is 1. The lowest BCUT2D eigenvalue weighted by molar-refractivity contribution is 0.223. The molecule has 4 aromatic rings. The zero-order valence-corrected chi connectivity index (χ0v) is 14.8. The van der Waals surface area contributed by atoms with Crippen molar-refractivity contribution in [2.24, 2.45) is 0 Å². The van der Waals surface area contributed by atoms with E-state index in [1.807, 2.05) is 41.9 Å². The number of rotatable bonds is 3. The van der Waals surface area contributed by atoms with E-state index in [9.17, 15) is 4.79 Å². The van der Waals surface area contributed by atoms with Crippen LogP contribution in [-0.4, -0.2) is 33.6 Å². The monoisotopic (exact) mass is 362 g/mol. The largest absolute Gasteiger partial charge is 0.489 e. The van der Waals surface area contributed by atoms with Gasteiger partial charge in [0.05, 0.1) is 23.1 Å². The number of aryl methyl sites for hydroxylation is 1. The average molecular weight is 362 g/mol. The molecule has 4 heterocycles. The molecule has 7 heteroatoms. The molecule has 136 valence electrons. The van der Waals surface area contributed by atoms with Gasteiger partial charge in [-0.1, -0.05) is 0 Å². The molecule has 1 fully saturated rings. The molecule has 0 radical (unpaired) electrons. The molecule has 1 aliphatic rings.